The molecule has 0 amide bonds. The average molecular weight is 120 g/mol. The van der Waals surface area contributed by atoms with Crippen LogP contribution in [-0.2, 0) is 0 Å². The van der Waals surface area contributed by atoms with E-state index >= 15 is 0 Å². The molecule has 0 aromatic carbocycles. The molecule has 34 valence electrons. The smallest absolute Gasteiger partial charge is 0.00346 e. The first-order chi connectivity index (χ1) is 2.89. The van der Waals surface area contributed by atoms with Gasteiger partial charge in [-0.15, -0.1) is 3.82 Å². The fourth-order valence-corrected chi connectivity index (χ4v) is 1.33. The molecule has 1 heterocycles. The van der Waals surface area contributed by atoms with E-state index < -0.39 is 0 Å². The van der Waals surface area contributed by atoms with Crippen molar-refractivity contribution in [2.75, 3.05) is 0 Å². The number of nitrogens with two attached hydrogens (primary N) is 1. The van der Waals surface area contributed by atoms with Crippen molar-refractivity contribution in [1.29, 1.82) is 0 Å². The lowest BCUT2D eigenvalue weighted by Crippen LogP contribution is -2.09. The highest BCUT2D eigenvalue weighted by molar-refractivity contribution is 8.17. The van der Waals surface area contributed by atoms with E-state index in [1.54, 1.807) is 3.82 Å². The Morgan fingerprint density at radius 2 is 1.83 bits per heavy atom. The second-order valence-electron chi connectivity index (χ2n) is 0.768. The molecule has 0 aromatic heterocycles. The summed E-state index contributed by atoms with van der Waals surface area (Å²) in [6, 6.07) is 0. The van der Waals surface area contributed by atoms with Gasteiger partial charge in [0.2, 0.25) is 0 Å². The summed E-state index contributed by atoms with van der Waals surface area (Å²) in [7, 11) is 0. The second kappa shape index (κ2) is 1.88. The molecule has 2 nitrogen and oxygen atoms in total. The van der Waals surface area contributed by atoms with E-state index in [9.17, 15) is 0 Å². The predicted octanol–water partition coefficient (Wildman–Crippen LogP) is 0.943. The lowest BCUT2D eigenvalue weighted by Gasteiger charge is -1.97. The van der Waals surface area contributed by atoms with Gasteiger partial charge in [-0.3, -0.25) is 0 Å². The molecule has 4 heteroatoms. The van der Waals surface area contributed by atoms with Gasteiger partial charge in [0.25, 0.3) is 0 Å². The maximum absolute atomic E-state index is 5.23. The largest absolute Gasteiger partial charge is 0.248 e. The van der Waals surface area contributed by atoms with Gasteiger partial charge < -0.3 is 0 Å². The zero-order valence-corrected chi connectivity index (χ0v) is 4.63. The molecule has 0 aliphatic carbocycles. The van der Waals surface area contributed by atoms with Crippen molar-refractivity contribution in [3.05, 3.63) is 10.8 Å². The number of hydrogen-bond donors (Lipinski definition) is 1. The molecular weight excluding hydrogens is 116 g/mol. The van der Waals surface area contributed by atoms with Crippen LogP contribution in [0.4, 0.5) is 0 Å². The van der Waals surface area contributed by atoms with Crippen LogP contribution < -0.4 is 5.84 Å². The molecule has 0 spiro atoms. The van der Waals surface area contributed by atoms with Crippen molar-refractivity contribution in [3.8, 4) is 0 Å². The molecule has 0 atom stereocenters. The van der Waals surface area contributed by atoms with Crippen LogP contribution in [0.1, 0.15) is 0 Å². The standard InChI is InChI=1S/C2H4N2S2/c3-4-5-1-2-6-4/h1-2H,3H2. The first-order valence-electron chi connectivity index (χ1n) is 1.43. The van der Waals surface area contributed by atoms with Crippen molar-refractivity contribution in [2.45, 2.75) is 0 Å². The Balaban J connectivity index is 2.32. The van der Waals surface area contributed by atoms with E-state index in [0.717, 1.165) is 0 Å². The molecule has 1 aliphatic rings. The Morgan fingerprint density at radius 1 is 1.33 bits per heavy atom. The lowest BCUT2D eigenvalue weighted by molar-refractivity contribution is 0.831. The minimum Gasteiger partial charge on any atom is -0.248 e. The quantitative estimate of drug-likeness (QED) is 0.380. The molecule has 1 aliphatic heterocycles. The maximum Gasteiger partial charge on any atom is -0.00346 e. The number of nitrogens with zero attached hydrogens (tertiary/aromatic N) is 1. The summed E-state index contributed by atoms with van der Waals surface area (Å²) in [5.41, 5.74) is 0. The first-order valence-corrected chi connectivity index (χ1v) is 3.10. The lowest BCUT2D eigenvalue weighted by atomic mass is 11.3. The van der Waals surface area contributed by atoms with Crippen LogP contribution in [-0.4, -0.2) is 3.82 Å². The highest BCUT2D eigenvalue weighted by Crippen LogP contribution is 2.25. The summed E-state index contributed by atoms with van der Waals surface area (Å²) in [5.74, 6) is 5.23. The van der Waals surface area contributed by atoms with Crippen LogP contribution >= 0.6 is 23.9 Å². The summed E-state index contributed by atoms with van der Waals surface area (Å²) in [5, 5.41) is 3.87. The van der Waals surface area contributed by atoms with Gasteiger partial charge in [-0.2, -0.15) is 0 Å². The molecule has 0 unspecified atom stereocenters. The molecule has 0 bridgehead atoms. The highest BCUT2D eigenvalue weighted by Gasteiger charge is 1.98. The van der Waals surface area contributed by atoms with Crippen molar-refractivity contribution in [1.82, 2.24) is 3.82 Å². The van der Waals surface area contributed by atoms with Crippen LogP contribution in [0.2, 0.25) is 0 Å². The predicted molar refractivity (Wildman–Crippen MR) is 30.3 cm³/mol. The minimum atomic E-state index is 1.49. The van der Waals surface area contributed by atoms with Crippen molar-refractivity contribution < 1.29 is 0 Å². The molecule has 0 saturated carbocycles. The van der Waals surface area contributed by atoms with Crippen molar-refractivity contribution in [3.63, 3.8) is 0 Å². The average Bonchev–Trinajstić information content (AvgIpc) is 1.86. The molecule has 6 heavy (non-hydrogen) atoms. The molecular formula is C2H4N2S2. The summed E-state index contributed by atoms with van der Waals surface area (Å²) in [6.07, 6.45) is 0. The van der Waals surface area contributed by atoms with E-state index in [0.29, 0.717) is 0 Å². The highest BCUT2D eigenvalue weighted by atomic mass is 32.2. The van der Waals surface area contributed by atoms with Crippen molar-refractivity contribution in [2.24, 2.45) is 5.84 Å². The normalized spacial score (nSPS) is 22.8. The minimum absolute atomic E-state index is 1.49. The van der Waals surface area contributed by atoms with Crippen LogP contribution in [0.5, 0.6) is 0 Å². The topological polar surface area (TPSA) is 29.3 Å². The van der Waals surface area contributed by atoms with Gasteiger partial charge in [-0.1, -0.05) is 0 Å². The maximum atomic E-state index is 5.23. The summed E-state index contributed by atoms with van der Waals surface area (Å²) in [6.45, 7) is 0. The van der Waals surface area contributed by atoms with Crippen molar-refractivity contribution >= 4 is 23.9 Å². The fraction of sp³-hybridized carbons (Fsp3) is 0. The fourth-order valence-electron chi connectivity index (χ4n) is 0.194. The van der Waals surface area contributed by atoms with E-state index in [1.165, 1.54) is 23.9 Å². The van der Waals surface area contributed by atoms with E-state index in [1.807, 2.05) is 10.8 Å². The number of hydrazine groups is 1. The van der Waals surface area contributed by atoms with Crippen LogP contribution in [0, 0.1) is 0 Å². The van der Waals surface area contributed by atoms with Gasteiger partial charge in [0.15, 0.2) is 0 Å². The summed E-state index contributed by atoms with van der Waals surface area (Å²) < 4.78 is 1.58. The number of hydrogen-bond acceptors (Lipinski definition) is 4. The zero-order chi connectivity index (χ0) is 4.41. The van der Waals surface area contributed by atoms with Gasteiger partial charge in [0.05, 0.1) is 0 Å². The van der Waals surface area contributed by atoms with Gasteiger partial charge in [0, 0.05) is 0 Å². The Hall–Kier alpha value is 0.360. The molecule has 2 N–H and O–H groups in total. The Labute approximate surface area is 45.0 Å². The molecule has 1 rings (SSSR count). The summed E-state index contributed by atoms with van der Waals surface area (Å²) >= 11 is 2.98. The molecule has 0 fully saturated rings. The van der Waals surface area contributed by atoms with Crippen LogP contribution in [0.3, 0.4) is 0 Å². The van der Waals surface area contributed by atoms with Crippen LogP contribution in [0.25, 0.3) is 0 Å². The monoisotopic (exact) mass is 120 g/mol. The Kier molecular flexibility index (Phi) is 1.42. The zero-order valence-electron chi connectivity index (χ0n) is 3.00. The molecule has 0 saturated heterocycles. The van der Waals surface area contributed by atoms with Crippen LogP contribution in [0.15, 0.2) is 10.8 Å². The second-order valence-corrected chi connectivity index (χ2v) is 2.75. The van der Waals surface area contributed by atoms with E-state index in [4.69, 9.17) is 5.84 Å². The van der Waals surface area contributed by atoms with Gasteiger partial charge in [0.1, 0.15) is 0 Å². The summed E-state index contributed by atoms with van der Waals surface area (Å²) in [4.78, 5) is 0. The third kappa shape index (κ3) is 0.909. The third-order valence-corrected chi connectivity index (χ3v) is 2.00. The van der Waals surface area contributed by atoms with Gasteiger partial charge in [-0.05, 0) is 34.7 Å². The SMILES string of the molecule is NN1SC=CS1. The number of rotatable bonds is 0. The Morgan fingerprint density at radius 3 is 2.00 bits per heavy atom. The van der Waals surface area contributed by atoms with E-state index in [-0.39, 0.29) is 0 Å². The van der Waals surface area contributed by atoms with Gasteiger partial charge in [-0.25, -0.2) is 5.84 Å². The van der Waals surface area contributed by atoms with E-state index in [2.05, 4.69) is 0 Å². The first kappa shape index (κ1) is 4.52. The molecule has 0 radical (unpaired) electrons. The van der Waals surface area contributed by atoms with Gasteiger partial charge >= 0.3 is 0 Å². The molecule has 0 aromatic rings. The Bertz CT molecular complexity index is 63.9. The third-order valence-electron chi connectivity index (χ3n) is 0.385.